The zero-order valence-electron chi connectivity index (χ0n) is 10.2. The molecule has 0 spiro atoms. The minimum Gasteiger partial charge on any atom is -0.486 e. The Morgan fingerprint density at radius 2 is 1.95 bits per heavy atom. The Balaban J connectivity index is 2.35. The predicted molar refractivity (Wildman–Crippen MR) is 80.0 cm³/mol. The van der Waals surface area contributed by atoms with Crippen LogP contribution in [0.3, 0.4) is 0 Å². The Morgan fingerprint density at radius 1 is 1.30 bits per heavy atom. The first kappa shape index (κ1) is 13.6. The first-order valence-corrected chi connectivity index (χ1v) is 7.74. The number of benzene rings is 1. The van der Waals surface area contributed by atoms with E-state index in [1.54, 1.807) is 12.1 Å². The smallest absolute Gasteiger partial charge is 0.338 e. The van der Waals surface area contributed by atoms with Crippen molar-refractivity contribution < 1.29 is 19.4 Å². The van der Waals surface area contributed by atoms with Crippen molar-refractivity contribution in [3.8, 4) is 11.5 Å². The lowest BCUT2D eigenvalue weighted by atomic mass is 10.0. The summed E-state index contributed by atoms with van der Waals surface area (Å²) in [5.41, 5.74) is 1.48. The van der Waals surface area contributed by atoms with E-state index in [0.717, 1.165) is 5.39 Å². The second-order valence-electron chi connectivity index (χ2n) is 4.21. The van der Waals surface area contributed by atoms with Crippen molar-refractivity contribution in [1.29, 1.82) is 0 Å². The van der Waals surface area contributed by atoms with Crippen LogP contribution in [0.4, 0.5) is 0 Å². The lowest BCUT2D eigenvalue weighted by Gasteiger charge is -2.19. The minimum absolute atomic E-state index is 0.158. The van der Waals surface area contributed by atoms with Crippen LogP contribution in [0.25, 0.3) is 10.9 Å². The molecule has 3 rings (SSSR count). The number of nitrogens with zero attached hydrogens (tertiary/aromatic N) is 1. The molecule has 0 saturated carbocycles. The lowest BCUT2D eigenvalue weighted by Crippen LogP contribution is -2.15. The normalized spacial score (nSPS) is 13.5. The van der Waals surface area contributed by atoms with E-state index in [1.807, 2.05) is 0 Å². The van der Waals surface area contributed by atoms with E-state index < -0.39 is 5.97 Å². The molecule has 0 aliphatic carbocycles. The molecular weight excluding hydrogens is 394 g/mol. The van der Waals surface area contributed by atoms with Crippen molar-refractivity contribution in [3.05, 3.63) is 27.9 Å². The van der Waals surface area contributed by atoms with Gasteiger partial charge in [-0.25, -0.2) is 9.78 Å². The summed E-state index contributed by atoms with van der Waals surface area (Å²) in [7, 11) is 0. The van der Waals surface area contributed by atoms with Crippen LogP contribution in [-0.2, 0) is 5.33 Å². The first-order chi connectivity index (χ1) is 9.61. The summed E-state index contributed by atoms with van der Waals surface area (Å²) >= 11 is 6.56. The van der Waals surface area contributed by atoms with Crippen LogP contribution in [-0.4, -0.2) is 29.3 Å². The van der Waals surface area contributed by atoms with E-state index in [0.29, 0.717) is 45.7 Å². The zero-order chi connectivity index (χ0) is 14.3. The fourth-order valence-corrected chi connectivity index (χ4v) is 3.37. The summed E-state index contributed by atoms with van der Waals surface area (Å²) in [6, 6.07) is 3.55. The highest BCUT2D eigenvalue weighted by Gasteiger charge is 2.21. The highest BCUT2D eigenvalue weighted by Crippen LogP contribution is 2.37. The van der Waals surface area contributed by atoms with Crippen LogP contribution in [0.5, 0.6) is 11.5 Å². The molecule has 0 unspecified atom stereocenters. The number of carbonyl (C=O) groups is 1. The minimum atomic E-state index is -1.02. The Morgan fingerprint density at radius 3 is 2.55 bits per heavy atom. The molecule has 1 aliphatic rings. The van der Waals surface area contributed by atoms with Crippen LogP contribution in [0, 0.1) is 0 Å². The van der Waals surface area contributed by atoms with E-state index >= 15 is 0 Å². The number of halogens is 2. The third kappa shape index (κ3) is 2.14. The predicted octanol–water partition coefficient (Wildman–Crippen LogP) is 3.36. The monoisotopic (exact) mass is 401 g/mol. The molecular formula is C13H9Br2NO4. The van der Waals surface area contributed by atoms with Crippen molar-refractivity contribution in [2.24, 2.45) is 0 Å². The van der Waals surface area contributed by atoms with Gasteiger partial charge in [-0.15, -0.1) is 0 Å². The molecule has 7 heteroatoms. The number of fused-ring (bicyclic) bond motifs is 2. The summed E-state index contributed by atoms with van der Waals surface area (Å²) in [5, 5.41) is 10.5. The van der Waals surface area contributed by atoms with Crippen LogP contribution >= 0.6 is 31.9 Å². The maximum absolute atomic E-state index is 11.4. The van der Waals surface area contributed by atoms with Crippen molar-refractivity contribution in [3.63, 3.8) is 0 Å². The van der Waals surface area contributed by atoms with E-state index in [9.17, 15) is 9.90 Å². The number of alkyl halides is 1. The van der Waals surface area contributed by atoms with Gasteiger partial charge in [0.1, 0.15) is 17.8 Å². The molecule has 1 N–H and O–H groups in total. The number of carboxylic acid groups (broad SMARTS) is 1. The van der Waals surface area contributed by atoms with Gasteiger partial charge < -0.3 is 14.6 Å². The largest absolute Gasteiger partial charge is 0.486 e. The molecule has 104 valence electrons. The van der Waals surface area contributed by atoms with Crippen LogP contribution in [0.1, 0.15) is 15.9 Å². The second kappa shape index (κ2) is 5.21. The van der Waals surface area contributed by atoms with Crippen molar-refractivity contribution >= 4 is 48.7 Å². The van der Waals surface area contributed by atoms with Crippen LogP contribution in [0.15, 0.2) is 16.7 Å². The number of hydrogen-bond acceptors (Lipinski definition) is 4. The SMILES string of the molecule is O=C(O)c1c(Br)nc2cc3c(cc2c1CBr)OCCO3. The first-order valence-electron chi connectivity index (χ1n) is 5.83. The Bertz CT molecular complexity index is 717. The molecule has 2 aromatic rings. The van der Waals surface area contributed by atoms with Crippen molar-refractivity contribution in [2.45, 2.75) is 5.33 Å². The molecule has 2 heterocycles. The molecule has 5 nitrogen and oxygen atoms in total. The maximum Gasteiger partial charge on any atom is 0.338 e. The molecule has 1 aromatic carbocycles. The zero-order valence-corrected chi connectivity index (χ0v) is 13.3. The molecule has 0 radical (unpaired) electrons. The highest BCUT2D eigenvalue weighted by molar-refractivity contribution is 9.10. The summed E-state index contributed by atoms with van der Waals surface area (Å²) < 4.78 is 11.4. The summed E-state index contributed by atoms with van der Waals surface area (Å²) in [4.78, 5) is 15.7. The Kier molecular flexibility index (Phi) is 3.55. The van der Waals surface area contributed by atoms with Gasteiger partial charge in [0.2, 0.25) is 0 Å². The Labute approximate surface area is 131 Å². The number of rotatable bonds is 2. The van der Waals surface area contributed by atoms with E-state index in [1.165, 1.54) is 0 Å². The Hall–Kier alpha value is -1.34. The summed E-state index contributed by atoms with van der Waals surface area (Å²) in [6.07, 6.45) is 0. The molecule has 0 atom stereocenters. The van der Waals surface area contributed by atoms with Gasteiger partial charge in [-0.1, -0.05) is 15.9 Å². The molecule has 0 saturated heterocycles. The third-order valence-electron chi connectivity index (χ3n) is 3.06. The van der Waals surface area contributed by atoms with Gasteiger partial charge >= 0.3 is 5.97 Å². The van der Waals surface area contributed by atoms with E-state index in [4.69, 9.17) is 9.47 Å². The van der Waals surface area contributed by atoms with Gasteiger partial charge in [0.25, 0.3) is 0 Å². The average Bonchev–Trinajstić information content (AvgIpc) is 2.43. The number of carboxylic acids is 1. The van der Waals surface area contributed by atoms with E-state index in [2.05, 4.69) is 36.8 Å². The van der Waals surface area contributed by atoms with Gasteiger partial charge in [0.05, 0.1) is 11.1 Å². The topological polar surface area (TPSA) is 68.7 Å². The number of ether oxygens (including phenoxy) is 2. The summed E-state index contributed by atoms with van der Waals surface area (Å²) in [5.74, 6) is 0.230. The molecule has 0 fully saturated rings. The van der Waals surface area contributed by atoms with Gasteiger partial charge in [0, 0.05) is 16.8 Å². The quantitative estimate of drug-likeness (QED) is 0.616. The molecule has 20 heavy (non-hydrogen) atoms. The fraction of sp³-hybridized carbons (Fsp3) is 0.231. The van der Waals surface area contributed by atoms with Gasteiger partial charge in [-0.05, 0) is 27.6 Å². The van der Waals surface area contributed by atoms with Crippen molar-refractivity contribution in [2.75, 3.05) is 13.2 Å². The molecule has 0 bridgehead atoms. The van der Waals surface area contributed by atoms with Gasteiger partial charge in [0.15, 0.2) is 11.5 Å². The third-order valence-corrected chi connectivity index (χ3v) is 4.19. The highest BCUT2D eigenvalue weighted by atomic mass is 79.9. The van der Waals surface area contributed by atoms with Gasteiger partial charge in [-0.2, -0.15) is 0 Å². The van der Waals surface area contributed by atoms with Gasteiger partial charge in [-0.3, -0.25) is 0 Å². The number of aromatic nitrogens is 1. The standard InChI is InChI=1S/C13H9Br2NO4/c14-5-7-6-3-9-10(20-2-1-19-9)4-8(6)16-12(15)11(7)13(17)18/h3-4H,1-2,5H2,(H,17,18). The second-order valence-corrected chi connectivity index (χ2v) is 5.52. The van der Waals surface area contributed by atoms with Crippen LogP contribution < -0.4 is 9.47 Å². The molecule has 1 aliphatic heterocycles. The maximum atomic E-state index is 11.4. The molecule has 1 aromatic heterocycles. The lowest BCUT2D eigenvalue weighted by molar-refractivity contribution is 0.0694. The van der Waals surface area contributed by atoms with Crippen LogP contribution in [0.2, 0.25) is 0 Å². The molecule has 0 amide bonds. The fourth-order valence-electron chi connectivity index (χ4n) is 2.19. The number of aromatic carboxylic acids is 1. The van der Waals surface area contributed by atoms with E-state index in [-0.39, 0.29) is 5.56 Å². The average molecular weight is 403 g/mol. The summed E-state index contributed by atoms with van der Waals surface area (Å²) in [6.45, 7) is 0.982. The van der Waals surface area contributed by atoms with Crippen molar-refractivity contribution in [1.82, 2.24) is 4.98 Å². The number of pyridine rings is 1. The number of hydrogen-bond donors (Lipinski definition) is 1.